The minimum absolute atomic E-state index is 0.0216. The van der Waals surface area contributed by atoms with E-state index in [9.17, 15) is 29.1 Å². The molecule has 15 heteroatoms. The Balaban J connectivity index is 3.18. The molecule has 5 amide bonds. The number of hydrogen-bond donors (Lipinski definition) is 9. The molecule has 0 spiro atoms. The summed E-state index contributed by atoms with van der Waals surface area (Å²) >= 11 is 0. The number of benzene rings is 1. The van der Waals surface area contributed by atoms with Gasteiger partial charge in [-0.15, -0.1) is 0 Å². The Hall–Kier alpha value is -4.24. The molecule has 0 radical (unpaired) electrons. The van der Waals surface area contributed by atoms with Crippen molar-refractivity contribution < 1.29 is 29.1 Å². The van der Waals surface area contributed by atoms with Crippen molar-refractivity contribution in [2.45, 2.75) is 103 Å². The summed E-state index contributed by atoms with van der Waals surface area (Å²) in [4.78, 5) is 69.2. The molecule has 15 nitrogen and oxygen atoms in total. The van der Waals surface area contributed by atoms with Crippen LogP contribution in [-0.4, -0.2) is 83.5 Å². The van der Waals surface area contributed by atoms with E-state index in [1.807, 2.05) is 33.8 Å². The lowest BCUT2D eigenvalue weighted by Gasteiger charge is -2.28. The van der Waals surface area contributed by atoms with E-state index in [2.05, 4.69) is 26.3 Å². The third-order valence-electron chi connectivity index (χ3n) is 7.02. The average Bonchev–Trinajstić information content (AvgIpc) is 2.96. The Morgan fingerprint density at radius 2 is 1.17 bits per heavy atom. The van der Waals surface area contributed by atoms with Gasteiger partial charge in [0.15, 0.2) is 5.96 Å². The lowest BCUT2D eigenvalue weighted by molar-refractivity contribution is -0.135. The Morgan fingerprint density at radius 1 is 0.717 bits per heavy atom. The van der Waals surface area contributed by atoms with Gasteiger partial charge in [0.05, 0.1) is 6.10 Å². The van der Waals surface area contributed by atoms with Crippen LogP contribution in [-0.2, 0) is 30.4 Å². The van der Waals surface area contributed by atoms with Crippen molar-refractivity contribution in [2.24, 2.45) is 39.8 Å². The summed E-state index contributed by atoms with van der Waals surface area (Å²) in [6, 6.07) is 3.44. The summed E-state index contributed by atoms with van der Waals surface area (Å²) in [5.74, 6) is -3.50. The van der Waals surface area contributed by atoms with Crippen LogP contribution in [0.25, 0.3) is 0 Å². The highest BCUT2D eigenvalue weighted by atomic mass is 16.3. The topological polar surface area (TPSA) is 270 Å². The maximum atomic E-state index is 13.6. The van der Waals surface area contributed by atoms with Crippen LogP contribution in [0, 0.1) is 11.8 Å². The minimum Gasteiger partial charge on any atom is -0.391 e. The molecule has 0 bridgehead atoms. The Kier molecular flexibility index (Phi) is 17.3. The normalized spacial score (nSPS) is 15.1. The molecule has 0 unspecified atom stereocenters. The van der Waals surface area contributed by atoms with Gasteiger partial charge in [-0.2, -0.15) is 0 Å². The Bertz CT molecular complexity index is 1170. The lowest BCUT2D eigenvalue weighted by Crippen LogP contribution is -2.60. The highest BCUT2D eigenvalue weighted by Gasteiger charge is 2.32. The zero-order valence-electron chi connectivity index (χ0n) is 27.5. The average molecular weight is 648 g/mol. The van der Waals surface area contributed by atoms with E-state index in [-0.39, 0.29) is 50.0 Å². The fourth-order valence-corrected chi connectivity index (χ4v) is 4.56. The van der Waals surface area contributed by atoms with Crippen LogP contribution in [0.1, 0.15) is 65.9 Å². The summed E-state index contributed by atoms with van der Waals surface area (Å²) in [5.41, 5.74) is 22.7. The maximum absolute atomic E-state index is 13.6. The van der Waals surface area contributed by atoms with Crippen LogP contribution < -0.4 is 44.2 Å². The number of aliphatic hydroxyl groups is 1. The summed E-state index contributed by atoms with van der Waals surface area (Å²) in [6.07, 6.45) is -0.0454. The summed E-state index contributed by atoms with van der Waals surface area (Å²) in [6.45, 7) is 9.08. The van der Waals surface area contributed by atoms with Gasteiger partial charge in [0, 0.05) is 13.0 Å². The zero-order valence-corrected chi connectivity index (χ0v) is 27.5. The third-order valence-corrected chi connectivity index (χ3v) is 7.02. The Labute approximate surface area is 271 Å². The SMILES string of the molecule is CC(C)C[C@H](NC(=O)[C@H](CC(C)C)NC(=O)[C@H](Cc1ccccc1)NC(=O)[C@@H](N)[C@@H](C)O)C(=O)N[C@@H](CCCN=C(N)N)C(N)=O. The molecular weight excluding hydrogens is 594 g/mol. The smallest absolute Gasteiger partial charge is 0.243 e. The standard InChI is InChI=1S/C31H53N9O6/c1-17(2)14-22(27(43)37-21(26(33)42)12-9-13-36-31(34)35)38-28(44)23(15-18(3)4)39-29(45)24(16-20-10-7-6-8-11-20)40-30(46)25(32)19(5)41/h6-8,10-11,17-19,21-25,41H,9,12-16,32H2,1-5H3,(H2,33,42)(H,37,43)(H,38,44)(H,39,45)(H,40,46)(H4,34,35,36)/t19-,21+,22+,23+,24+,25+/m1/s1. The largest absolute Gasteiger partial charge is 0.391 e. The van der Waals surface area contributed by atoms with Crippen molar-refractivity contribution in [2.75, 3.05) is 6.54 Å². The quantitative estimate of drug-likeness (QED) is 0.0452. The number of primary amides is 1. The molecule has 0 aliphatic carbocycles. The van der Waals surface area contributed by atoms with Crippen molar-refractivity contribution in [1.82, 2.24) is 21.3 Å². The van der Waals surface area contributed by atoms with Crippen molar-refractivity contribution in [3.63, 3.8) is 0 Å². The van der Waals surface area contributed by atoms with Gasteiger partial charge in [0.2, 0.25) is 29.5 Å². The summed E-state index contributed by atoms with van der Waals surface area (Å²) < 4.78 is 0. The second-order valence-electron chi connectivity index (χ2n) is 12.3. The molecule has 0 fully saturated rings. The fourth-order valence-electron chi connectivity index (χ4n) is 4.56. The van der Waals surface area contributed by atoms with E-state index < -0.39 is 65.8 Å². The van der Waals surface area contributed by atoms with Gasteiger partial charge in [0.1, 0.15) is 30.2 Å². The highest BCUT2D eigenvalue weighted by molar-refractivity contribution is 5.96. The maximum Gasteiger partial charge on any atom is 0.243 e. The molecule has 1 rings (SSSR count). The van der Waals surface area contributed by atoms with Crippen LogP contribution in [0.5, 0.6) is 0 Å². The van der Waals surface area contributed by atoms with E-state index in [4.69, 9.17) is 22.9 Å². The van der Waals surface area contributed by atoms with E-state index in [0.29, 0.717) is 6.42 Å². The van der Waals surface area contributed by atoms with E-state index >= 15 is 0 Å². The number of nitrogens with two attached hydrogens (primary N) is 4. The fraction of sp³-hybridized carbons (Fsp3) is 0.613. The molecule has 46 heavy (non-hydrogen) atoms. The van der Waals surface area contributed by atoms with Crippen LogP contribution in [0.15, 0.2) is 35.3 Å². The molecule has 0 aliphatic heterocycles. The first-order valence-corrected chi connectivity index (χ1v) is 15.5. The molecule has 13 N–H and O–H groups in total. The van der Waals surface area contributed by atoms with E-state index in [0.717, 1.165) is 5.56 Å². The molecule has 0 heterocycles. The zero-order chi connectivity index (χ0) is 35.0. The highest BCUT2D eigenvalue weighted by Crippen LogP contribution is 2.11. The van der Waals surface area contributed by atoms with Gasteiger partial charge in [-0.1, -0.05) is 58.0 Å². The van der Waals surface area contributed by atoms with Crippen LogP contribution >= 0.6 is 0 Å². The second kappa shape index (κ2) is 20.0. The molecule has 0 saturated carbocycles. The minimum atomic E-state index is -1.27. The van der Waals surface area contributed by atoms with Crippen molar-refractivity contribution in [3.8, 4) is 0 Å². The van der Waals surface area contributed by atoms with Crippen molar-refractivity contribution in [3.05, 3.63) is 35.9 Å². The number of aliphatic imine (C=N–C) groups is 1. The van der Waals surface area contributed by atoms with Gasteiger partial charge in [-0.25, -0.2) is 0 Å². The van der Waals surface area contributed by atoms with Crippen molar-refractivity contribution >= 4 is 35.5 Å². The number of carbonyl (C=O) groups is 5. The number of hydrogen-bond acceptors (Lipinski definition) is 8. The predicted octanol–water partition coefficient (Wildman–Crippen LogP) is -1.49. The summed E-state index contributed by atoms with van der Waals surface area (Å²) in [7, 11) is 0. The number of rotatable bonds is 20. The molecule has 258 valence electrons. The van der Waals surface area contributed by atoms with Gasteiger partial charge in [0.25, 0.3) is 0 Å². The second-order valence-corrected chi connectivity index (χ2v) is 12.3. The molecule has 6 atom stereocenters. The molecule has 1 aromatic carbocycles. The van der Waals surface area contributed by atoms with Gasteiger partial charge >= 0.3 is 0 Å². The number of amides is 5. The number of nitrogens with zero attached hydrogens (tertiary/aromatic N) is 1. The van der Waals surface area contributed by atoms with Gasteiger partial charge < -0.3 is 49.3 Å². The molecular formula is C31H53N9O6. The number of guanidine groups is 1. The Morgan fingerprint density at radius 3 is 1.61 bits per heavy atom. The third kappa shape index (κ3) is 15.2. The van der Waals surface area contributed by atoms with E-state index in [1.165, 1.54) is 6.92 Å². The van der Waals surface area contributed by atoms with Gasteiger partial charge in [-0.3, -0.25) is 29.0 Å². The van der Waals surface area contributed by atoms with Crippen molar-refractivity contribution in [1.29, 1.82) is 0 Å². The van der Waals surface area contributed by atoms with Crippen LogP contribution in [0.2, 0.25) is 0 Å². The number of carbonyl (C=O) groups excluding carboxylic acids is 5. The molecule has 0 saturated heterocycles. The molecule has 1 aromatic rings. The van der Waals surface area contributed by atoms with Crippen LogP contribution in [0.4, 0.5) is 0 Å². The van der Waals surface area contributed by atoms with Gasteiger partial charge in [-0.05, 0) is 50.0 Å². The van der Waals surface area contributed by atoms with E-state index in [1.54, 1.807) is 24.3 Å². The monoisotopic (exact) mass is 647 g/mol. The first-order valence-electron chi connectivity index (χ1n) is 15.5. The molecule has 0 aliphatic rings. The summed E-state index contributed by atoms with van der Waals surface area (Å²) in [5, 5.41) is 20.5. The van der Waals surface area contributed by atoms with Crippen LogP contribution in [0.3, 0.4) is 0 Å². The first-order chi connectivity index (χ1) is 21.5. The number of nitrogens with one attached hydrogen (secondary N) is 4. The lowest BCUT2D eigenvalue weighted by atomic mass is 9.98. The first kappa shape index (κ1) is 39.8. The predicted molar refractivity (Wildman–Crippen MR) is 176 cm³/mol. The number of aliphatic hydroxyl groups excluding tert-OH is 1. The molecule has 0 aromatic heterocycles.